The highest BCUT2D eigenvalue weighted by molar-refractivity contribution is 7.11. The van der Waals surface area contributed by atoms with Crippen LogP contribution in [0.15, 0.2) is 6.33 Å². The summed E-state index contributed by atoms with van der Waals surface area (Å²) in [7, 11) is 2.12. The Morgan fingerprint density at radius 3 is 2.71 bits per heavy atom. The van der Waals surface area contributed by atoms with Gasteiger partial charge in [0.1, 0.15) is 0 Å². The lowest BCUT2D eigenvalue weighted by Gasteiger charge is -2.24. The van der Waals surface area contributed by atoms with E-state index in [0.29, 0.717) is 11.2 Å². The predicted molar refractivity (Wildman–Crippen MR) is 89.0 cm³/mol. The van der Waals surface area contributed by atoms with Crippen molar-refractivity contribution in [1.29, 1.82) is 0 Å². The molecule has 0 aliphatic rings. The number of hydrogen-bond donors (Lipinski definition) is 0. The zero-order valence-electron chi connectivity index (χ0n) is 13.4. The normalized spacial score (nSPS) is 13.1. The van der Waals surface area contributed by atoms with Crippen LogP contribution in [-0.2, 0) is 19.5 Å². The Balaban J connectivity index is 2.17. The van der Waals surface area contributed by atoms with E-state index in [4.69, 9.17) is 11.6 Å². The Bertz CT molecular complexity index is 605. The smallest absolute Gasteiger partial charge is 0.151 e. The quantitative estimate of drug-likeness (QED) is 0.802. The van der Waals surface area contributed by atoms with Crippen LogP contribution in [0.1, 0.15) is 48.1 Å². The molecule has 0 bridgehead atoms. The second-order valence-electron chi connectivity index (χ2n) is 5.27. The molecule has 0 N–H and O–H groups in total. The highest BCUT2D eigenvalue weighted by atomic mass is 35.5. The van der Waals surface area contributed by atoms with Gasteiger partial charge in [0.25, 0.3) is 0 Å². The molecule has 6 heteroatoms. The number of rotatable bonds is 6. The van der Waals surface area contributed by atoms with Gasteiger partial charge in [-0.1, -0.05) is 18.5 Å². The van der Waals surface area contributed by atoms with Crippen LogP contribution in [0.25, 0.3) is 0 Å². The summed E-state index contributed by atoms with van der Waals surface area (Å²) in [5.74, 6) is 0. The first-order valence-electron chi connectivity index (χ1n) is 7.33. The lowest BCUT2D eigenvalue weighted by Crippen LogP contribution is -2.23. The van der Waals surface area contributed by atoms with Crippen LogP contribution >= 0.6 is 22.9 Å². The van der Waals surface area contributed by atoms with E-state index < -0.39 is 0 Å². The largest absolute Gasteiger partial charge is 0.332 e. The Labute approximate surface area is 135 Å². The maximum atomic E-state index is 6.21. The first kappa shape index (κ1) is 16.5. The fraction of sp³-hybridized carbons (Fsp3) is 0.600. The minimum atomic E-state index is 0.319. The molecule has 116 valence electrons. The summed E-state index contributed by atoms with van der Waals surface area (Å²) in [5.41, 5.74) is 2.22. The molecule has 4 nitrogen and oxygen atoms in total. The Kier molecular flexibility index (Phi) is 5.41. The molecule has 2 rings (SSSR count). The summed E-state index contributed by atoms with van der Waals surface area (Å²) >= 11 is 8.02. The van der Waals surface area contributed by atoms with Gasteiger partial charge in [-0.3, -0.25) is 4.90 Å². The average molecular weight is 327 g/mol. The molecule has 0 radical (unpaired) electrons. The van der Waals surface area contributed by atoms with Crippen molar-refractivity contribution < 1.29 is 0 Å². The van der Waals surface area contributed by atoms with Crippen molar-refractivity contribution in [3.05, 3.63) is 32.8 Å². The molecule has 21 heavy (non-hydrogen) atoms. The molecule has 0 fully saturated rings. The van der Waals surface area contributed by atoms with Gasteiger partial charge in [0.15, 0.2) is 5.15 Å². The molecular formula is C15H23ClN4S. The van der Waals surface area contributed by atoms with Crippen LogP contribution in [0.3, 0.4) is 0 Å². The van der Waals surface area contributed by atoms with E-state index in [1.807, 2.05) is 17.7 Å². The molecule has 0 spiro atoms. The van der Waals surface area contributed by atoms with Crippen LogP contribution in [0.5, 0.6) is 0 Å². The second kappa shape index (κ2) is 6.90. The second-order valence-corrected chi connectivity index (χ2v) is 6.74. The van der Waals surface area contributed by atoms with Gasteiger partial charge in [0.2, 0.25) is 0 Å². The van der Waals surface area contributed by atoms with Crippen LogP contribution in [0, 0.1) is 6.92 Å². The molecule has 0 aliphatic heterocycles. The van der Waals surface area contributed by atoms with Crippen molar-refractivity contribution in [3.63, 3.8) is 0 Å². The number of halogens is 1. The van der Waals surface area contributed by atoms with Crippen LogP contribution in [0.2, 0.25) is 5.15 Å². The number of aryl methyl sites for hydroxylation is 3. The lowest BCUT2D eigenvalue weighted by atomic mass is 10.2. The molecular weight excluding hydrogens is 304 g/mol. The third-order valence-electron chi connectivity index (χ3n) is 3.85. The molecule has 1 unspecified atom stereocenters. The number of imidazole rings is 1. The summed E-state index contributed by atoms with van der Waals surface area (Å²) in [6.45, 7) is 10.2. The van der Waals surface area contributed by atoms with Crippen molar-refractivity contribution >= 4 is 22.9 Å². The number of aromatic nitrogens is 3. The minimum Gasteiger partial charge on any atom is -0.332 e. The van der Waals surface area contributed by atoms with Gasteiger partial charge in [-0.15, -0.1) is 11.3 Å². The van der Waals surface area contributed by atoms with E-state index >= 15 is 0 Å². The molecule has 0 saturated heterocycles. The number of hydrogen-bond acceptors (Lipinski definition) is 4. The van der Waals surface area contributed by atoms with Gasteiger partial charge >= 0.3 is 0 Å². The van der Waals surface area contributed by atoms with E-state index in [1.54, 1.807) is 0 Å². The standard InChI is InChI=1S/C15H23ClN4S/c1-6-13-18-10(3)14(21-13)11(4)19(5)8-12-15(16)17-9-20(12)7-2/h9,11H,6-8H2,1-5H3. The van der Waals surface area contributed by atoms with Crippen LogP contribution in [-0.4, -0.2) is 26.5 Å². The summed E-state index contributed by atoms with van der Waals surface area (Å²) in [5, 5.41) is 1.81. The zero-order valence-corrected chi connectivity index (χ0v) is 14.9. The van der Waals surface area contributed by atoms with Crippen molar-refractivity contribution in [2.24, 2.45) is 0 Å². The van der Waals surface area contributed by atoms with Crippen molar-refractivity contribution in [2.75, 3.05) is 7.05 Å². The Morgan fingerprint density at radius 1 is 1.43 bits per heavy atom. The molecule has 0 aromatic carbocycles. The maximum absolute atomic E-state index is 6.21. The third kappa shape index (κ3) is 3.47. The first-order chi connectivity index (χ1) is 9.97. The van der Waals surface area contributed by atoms with E-state index in [1.165, 1.54) is 9.88 Å². The SMILES string of the molecule is CCc1nc(C)c(C(C)N(C)Cc2c(Cl)ncn2CC)s1. The highest BCUT2D eigenvalue weighted by Crippen LogP contribution is 2.30. The Morgan fingerprint density at radius 2 is 2.14 bits per heavy atom. The van der Waals surface area contributed by atoms with Crippen molar-refractivity contribution in [1.82, 2.24) is 19.4 Å². The highest BCUT2D eigenvalue weighted by Gasteiger charge is 2.20. The van der Waals surface area contributed by atoms with Gasteiger partial charge in [-0.2, -0.15) is 0 Å². The first-order valence-corrected chi connectivity index (χ1v) is 8.53. The van der Waals surface area contributed by atoms with Gasteiger partial charge in [0.05, 0.1) is 22.7 Å². The van der Waals surface area contributed by atoms with E-state index in [-0.39, 0.29) is 0 Å². The topological polar surface area (TPSA) is 34.0 Å². The fourth-order valence-electron chi connectivity index (χ4n) is 2.39. The van der Waals surface area contributed by atoms with Crippen molar-refractivity contribution in [2.45, 2.75) is 53.2 Å². The number of thiazole rings is 1. The maximum Gasteiger partial charge on any atom is 0.151 e. The fourth-order valence-corrected chi connectivity index (χ4v) is 3.73. The predicted octanol–water partition coefficient (Wildman–Crippen LogP) is 4.08. The van der Waals surface area contributed by atoms with E-state index in [2.05, 4.69) is 54.2 Å². The summed E-state index contributed by atoms with van der Waals surface area (Å²) < 4.78 is 2.10. The van der Waals surface area contributed by atoms with Crippen LogP contribution in [0.4, 0.5) is 0 Å². The van der Waals surface area contributed by atoms with Gasteiger partial charge < -0.3 is 4.57 Å². The van der Waals surface area contributed by atoms with Crippen LogP contribution < -0.4 is 0 Å². The third-order valence-corrected chi connectivity index (χ3v) is 5.64. The van der Waals surface area contributed by atoms with Crippen molar-refractivity contribution in [3.8, 4) is 0 Å². The summed E-state index contributed by atoms with van der Waals surface area (Å²) in [4.78, 5) is 12.5. The lowest BCUT2D eigenvalue weighted by molar-refractivity contribution is 0.249. The average Bonchev–Trinajstić information content (AvgIpc) is 3.01. The molecule has 2 aromatic heterocycles. The molecule has 0 saturated carbocycles. The Hall–Kier alpha value is -0.910. The summed E-state index contributed by atoms with van der Waals surface area (Å²) in [6.07, 6.45) is 2.81. The molecule has 2 aromatic rings. The number of nitrogens with zero attached hydrogens (tertiary/aromatic N) is 4. The zero-order chi connectivity index (χ0) is 15.6. The van der Waals surface area contributed by atoms with Gasteiger partial charge in [0, 0.05) is 24.0 Å². The summed E-state index contributed by atoms with van der Waals surface area (Å²) in [6, 6.07) is 0.319. The van der Waals surface area contributed by atoms with Gasteiger partial charge in [-0.25, -0.2) is 9.97 Å². The molecule has 0 amide bonds. The van der Waals surface area contributed by atoms with E-state index in [0.717, 1.165) is 30.9 Å². The minimum absolute atomic E-state index is 0.319. The molecule has 0 aliphatic carbocycles. The molecule has 1 atom stereocenters. The monoisotopic (exact) mass is 326 g/mol. The van der Waals surface area contributed by atoms with Gasteiger partial charge in [-0.05, 0) is 34.2 Å². The molecule has 2 heterocycles. The van der Waals surface area contributed by atoms with E-state index in [9.17, 15) is 0 Å².